The molecule has 0 aliphatic heterocycles. The van der Waals surface area contributed by atoms with Crippen molar-refractivity contribution < 1.29 is 9.53 Å². The van der Waals surface area contributed by atoms with Crippen LogP contribution in [-0.4, -0.2) is 13.1 Å². The lowest BCUT2D eigenvalue weighted by Crippen LogP contribution is -2.24. The van der Waals surface area contributed by atoms with Gasteiger partial charge in [-0.2, -0.15) is 0 Å². The van der Waals surface area contributed by atoms with Gasteiger partial charge in [0, 0.05) is 11.5 Å². The first-order valence-electron chi connectivity index (χ1n) is 5.69. The normalized spacial score (nSPS) is 30.0. The third-order valence-electron chi connectivity index (χ3n) is 3.53. The molecule has 15 heavy (non-hydrogen) atoms. The highest BCUT2D eigenvalue weighted by Crippen LogP contribution is 2.40. The Balaban J connectivity index is 2.19. The van der Waals surface area contributed by atoms with Gasteiger partial charge in [0.15, 0.2) is 0 Å². The maximum Gasteiger partial charge on any atom is 0.334 e. The summed E-state index contributed by atoms with van der Waals surface area (Å²) in [5, 5.41) is 0. The maximum atomic E-state index is 11.6. The second-order valence-electron chi connectivity index (χ2n) is 4.60. The number of carbonyl (C=O) groups is 1. The smallest absolute Gasteiger partial charge is 0.334 e. The molecule has 0 radical (unpaired) electrons. The highest BCUT2D eigenvalue weighted by molar-refractivity contribution is 5.90. The van der Waals surface area contributed by atoms with E-state index >= 15 is 0 Å². The fourth-order valence-electron chi connectivity index (χ4n) is 2.65. The predicted octanol–water partition coefficient (Wildman–Crippen LogP) is 2.85. The summed E-state index contributed by atoms with van der Waals surface area (Å²) >= 11 is 0. The molecule has 2 aliphatic carbocycles. The number of allylic oxidation sites excluding steroid dienone is 3. The average Bonchev–Trinajstić information content (AvgIpc) is 2.27. The van der Waals surface area contributed by atoms with Crippen molar-refractivity contribution in [3.63, 3.8) is 0 Å². The lowest BCUT2D eigenvalue weighted by Gasteiger charge is -2.32. The molecule has 1 saturated carbocycles. The van der Waals surface area contributed by atoms with E-state index in [0.717, 1.165) is 30.8 Å². The summed E-state index contributed by atoms with van der Waals surface area (Å²) in [5.41, 5.74) is 2.34. The molecule has 0 bridgehead atoms. The second-order valence-corrected chi connectivity index (χ2v) is 4.60. The van der Waals surface area contributed by atoms with Crippen molar-refractivity contribution in [3.8, 4) is 0 Å². The lowest BCUT2D eigenvalue weighted by atomic mass is 9.72. The molecule has 2 atom stereocenters. The highest BCUT2D eigenvalue weighted by atomic mass is 16.5. The summed E-state index contributed by atoms with van der Waals surface area (Å²) < 4.78 is 4.84. The van der Waals surface area contributed by atoms with Crippen LogP contribution < -0.4 is 0 Å². The minimum absolute atomic E-state index is 0.139. The van der Waals surface area contributed by atoms with Crippen LogP contribution in [0.3, 0.4) is 0 Å². The molecule has 2 heteroatoms. The van der Waals surface area contributed by atoms with E-state index in [2.05, 4.69) is 13.0 Å². The predicted molar refractivity (Wildman–Crippen MR) is 59.3 cm³/mol. The molecule has 82 valence electrons. The molecule has 1 fully saturated rings. The molecular formula is C13H18O2. The molecule has 0 aromatic rings. The minimum atomic E-state index is -0.139. The number of hydrogen-bond donors (Lipinski definition) is 0. The molecule has 0 heterocycles. The summed E-state index contributed by atoms with van der Waals surface area (Å²) in [6.07, 6.45) is 8.72. The summed E-state index contributed by atoms with van der Waals surface area (Å²) in [4.78, 5) is 11.6. The van der Waals surface area contributed by atoms with Crippen LogP contribution in [0.15, 0.2) is 23.3 Å². The van der Waals surface area contributed by atoms with Crippen molar-refractivity contribution in [3.05, 3.63) is 23.3 Å². The van der Waals surface area contributed by atoms with E-state index in [0.29, 0.717) is 5.92 Å². The van der Waals surface area contributed by atoms with Gasteiger partial charge >= 0.3 is 5.97 Å². The largest absolute Gasteiger partial charge is 0.466 e. The number of methoxy groups -OCH3 is 1. The number of fused-ring (bicyclic) bond motifs is 1. The van der Waals surface area contributed by atoms with Crippen LogP contribution in [0.1, 0.15) is 32.6 Å². The van der Waals surface area contributed by atoms with Crippen molar-refractivity contribution in [1.82, 2.24) is 0 Å². The Bertz CT molecular complexity index is 325. The molecule has 0 N–H and O–H groups in total. The van der Waals surface area contributed by atoms with Crippen LogP contribution in [-0.2, 0) is 9.53 Å². The van der Waals surface area contributed by atoms with Gasteiger partial charge < -0.3 is 4.74 Å². The van der Waals surface area contributed by atoms with Gasteiger partial charge in [0.05, 0.1) is 7.11 Å². The monoisotopic (exact) mass is 206 g/mol. The number of hydrogen-bond acceptors (Lipinski definition) is 2. The topological polar surface area (TPSA) is 26.3 Å². The van der Waals surface area contributed by atoms with Gasteiger partial charge in [-0.15, -0.1) is 0 Å². The van der Waals surface area contributed by atoms with Gasteiger partial charge in [-0.25, -0.2) is 4.79 Å². The minimum Gasteiger partial charge on any atom is -0.466 e. The van der Waals surface area contributed by atoms with Gasteiger partial charge in [0.1, 0.15) is 0 Å². The average molecular weight is 206 g/mol. The van der Waals surface area contributed by atoms with Crippen LogP contribution in [0, 0.1) is 11.8 Å². The first-order chi connectivity index (χ1) is 7.22. The van der Waals surface area contributed by atoms with Gasteiger partial charge in [-0.05, 0) is 31.6 Å². The number of ether oxygens (including phenoxy) is 1. The molecule has 2 aliphatic rings. The van der Waals surface area contributed by atoms with Crippen LogP contribution >= 0.6 is 0 Å². The molecule has 0 aromatic heterocycles. The van der Waals surface area contributed by atoms with Crippen molar-refractivity contribution in [2.24, 2.45) is 11.8 Å². The Hall–Kier alpha value is -1.05. The van der Waals surface area contributed by atoms with Gasteiger partial charge in [-0.3, -0.25) is 0 Å². The Morgan fingerprint density at radius 3 is 3.00 bits per heavy atom. The molecule has 0 spiro atoms. The van der Waals surface area contributed by atoms with Gasteiger partial charge in [0.2, 0.25) is 0 Å². The summed E-state index contributed by atoms with van der Waals surface area (Å²) in [6.45, 7) is 2.26. The zero-order valence-electron chi connectivity index (χ0n) is 9.45. The Morgan fingerprint density at radius 1 is 1.47 bits per heavy atom. The van der Waals surface area contributed by atoms with E-state index in [1.165, 1.54) is 19.1 Å². The van der Waals surface area contributed by atoms with Crippen molar-refractivity contribution >= 4 is 5.97 Å². The third-order valence-corrected chi connectivity index (χ3v) is 3.53. The Morgan fingerprint density at radius 2 is 2.27 bits per heavy atom. The van der Waals surface area contributed by atoms with E-state index in [9.17, 15) is 4.79 Å². The van der Waals surface area contributed by atoms with E-state index in [-0.39, 0.29) is 5.97 Å². The van der Waals surface area contributed by atoms with Crippen molar-refractivity contribution in [2.75, 3.05) is 7.11 Å². The number of carbonyl (C=O) groups excluding carboxylic acids is 1. The number of rotatable bonds is 1. The zero-order valence-corrected chi connectivity index (χ0v) is 9.45. The fraction of sp³-hybridized carbons (Fsp3) is 0.615. The van der Waals surface area contributed by atoms with Gasteiger partial charge in [-0.1, -0.05) is 24.6 Å². The highest BCUT2D eigenvalue weighted by Gasteiger charge is 2.31. The van der Waals surface area contributed by atoms with Crippen LogP contribution in [0.2, 0.25) is 0 Å². The number of esters is 1. The standard InChI is InChI=1S/C13H18O2/c1-9-6-7-10-4-3-5-11(12(10)8-9)13(14)15-2/h4-5,9,12H,3,6-8H2,1-2H3. The van der Waals surface area contributed by atoms with Crippen molar-refractivity contribution in [1.29, 1.82) is 0 Å². The second kappa shape index (κ2) is 4.21. The van der Waals surface area contributed by atoms with E-state index in [1.54, 1.807) is 0 Å². The zero-order chi connectivity index (χ0) is 10.8. The maximum absolute atomic E-state index is 11.6. The van der Waals surface area contributed by atoms with Crippen LogP contribution in [0.5, 0.6) is 0 Å². The molecule has 0 amide bonds. The van der Waals surface area contributed by atoms with Crippen molar-refractivity contribution in [2.45, 2.75) is 32.6 Å². The SMILES string of the molecule is COC(=O)C1=CCC=C2CCC(C)CC21. The molecule has 2 unspecified atom stereocenters. The Kier molecular flexibility index (Phi) is 2.94. The lowest BCUT2D eigenvalue weighted by molar-refractivity contribution is -0.136. The summed E-state index contributed by atoms with van der Waals surface area (Å²) in [7, 11) is 1.47. The summed E-state index contributed by atoms with van der Waals surface area (Å²) in [6, 6.07) is 0. The third kappa shape index (κ3) is 1.99. The fourth-order valence-corrected chi connectivity index (χ4v) is 2.65. The summed E-state index contributed by atoms with van der Waals surface area (Å²) in [5.74, 6) is 0.924. The molecule has 0 saturated heterocycles. The molecular weight excluding hydrogens is 188 g/mol. The van der Waals surface area contributed by atoms with Crippen LogP contribution in [0.4, 0.5) is 0 Å². The van der Waals surface area contributed by atoms with Gasteiger partial charge in [0.25, 0.3) is 0 Å². The van der Waals surface area contributed by atoms with E-state index in [1.807, 2.05) is 6.08 Å². The Labute approximate surface area is 91.0 Å². The quantitative estimate of drug-likeness (QED) is 0.487. The van der Waals surface area contributed by atoms with Crippen LogP contribution in [0.25, 0.3) is 0 Å². The first-order valence-corrected chi connectivity index (χ1v) is 5.69. The first kappa shape index (κ1) is 10.5. The molecule has 2 rings (SSSR count). The molecule has 2 nitrogen and oxygen atoms in total. The van der Waals surface area contributed by atoms with E-state index < -0.39 is 0 Å². The molecule has 0 aromatic carbocycles. The van der Waals surface area contributed by atoms with E-state index in [4.69, 9.17) is 4.74 Å².